The summed E-state index contributed by atoms with van der Waals surface area (Å²) < 4.78 is 1.90. The number of nitrogens with zero attached hydrogens (tertiary/aromatic N) is 3. The van der Waals surface area contributed by atoms with Crippen LogP contribution in [0, 0.1) is 0 Å². The van der Waals surface area contributed by atoms with Gasteiger partial charge in [-0.15, -0.1) is 10.2 Å². The summed E-state index contributed by atoms with van der Waals surface area (Å²) in [5.74, 6) is 0.853. The van der Waals surface area contributed by atoms with E-state index in [0.717, 1.165) is 22.0 Å². The van der Waals surface area contributed by atoms with E-state index < -0.39 is 0 Å². The van der Waals surface area contributed by atoms with Crippen molar-refractivity contribution >= 4 is 51.5 Å². The number of benzene rings is 4. The lowest BCUT2D eigenvalue weighted by Crippen LogP contribution is -2.05. The number of fused-ring (bicyclic) bond motifs is 1. The number of halogens is 2. The molecule has 5 aromatic rings. The summed E-state index contributed by atoms with van der Waals surface area (Å²) in [6.07, 6.45) is 0. The predicted octanol–water partition coefficient (Wildman–Crippen LogP) is 7.37. The van der Waals surface area contributed by atoms with Crippen LogP contribution in [-0.2, 0) is 0 Å². The quantitative estimate of drug-likeness (QED) is 0.184. The summed E-state index contributed by atoms with van der Waals surface area (Å²) in [7, 11) is 0. The fraction of sp³-hybridized carbons (Fsp3) is 0.0385. The molecule has 0 aliphatic rings. The molecule has 0 atom stereocenters. The molecule has 4 nitrogen and oxygen atoms in total. The number of ketones is 1. The topological polar surface area (TPSA) is 47.8 Å². The summed E-state index contributed by atoms with van der Waals surface area (Å²) >= 11 is 13.9. The highest BCUT2D eigenvalue weighted by Gasteiger charge is 2.19. The number of rotatable bonds is 6. The molecule has 0 aliphatic heterocycles. The van der Waals surface area contributed by atoms with Crippen LogP contribution in [0.25, 0.3) is 27.8 Å². The molecule has 162 valence electrons. The van der Waals surface area contributed by atoms with Gasteiger partial charge < -0.3 is 0 Å². The Morgan fingerprint density at radius 3 is 2.33 bits per heavy atom. The molecular formula is C26H17Cl2N3OS. The average molecular weight is 490 g/mol. The molecule has 0 amide bonds. The first-order chi connectivity index (χ1) is 16.1. The smallest absolute Gasteiger partial charge is 0.196 e. The Morgan fingerprint density at radius 2 is 1.55 bits per heavy atom. The lowest BCUT2D eigenvalue weighted by molar-refractivity contribution is 0.102. The minimum absolute atomic E-state index is 0.0238. The summed E-state index contributed by atoms with van der Waals surface area (Å²) in [6, 6.07) is 28.6. The molecule has 1 aromatic heterocycles. The molecule has 33 heavy (non-hydrogen) atoms. The summed E-state index contributed by atoms with van der Waals surface area (Å²) in [6.45, 7) is 0. The Hall–Kier alpha value is -3.12. The first kappa shape index (κ1) is 21.7. The second-order valence-corrected chi connectivity index (χ2v) is 9.16. The Balaban J connectivity index is 1.48. The van der Waals surface area contributed by atoms with Crippen molar-refractivity contribution in [1.82, 2.24) is 14.8 Å². The maximum absolute atomic E-state index is 13.0. The minimum atomic E-state index is 0.0238. The van der Waals surface area contributed by atoms with E-state index >= 15 is 0 Å². The molecule has 0 aliphatic carbocycles. The second kappa shape index (κ2) is 9.40. The third kappa shape index (κ3) is 4.53. The third-order valence-corrected chi connectivity index (χ3v) is 6.75. The highest BCUT2D eigenvalue weighted by Crippen LogP contribution is 2.32. The molecule has 0 N–H and O–H groups in total. The number of carbonyl (C=O) groups is 1. The normalized spacial score (nSPS) is 11.1. The van der Waals surface area contributed by atoms with Crippen LogP contribution in [0.15, 0.2) is 96.2 Å². The van der Waals surface area contributed by atoms with Crippen LogP contribution in [0.3, 0.4) is 0 Å². The lowest BCUT2D eigenvalue weighted by atomic mass is 10.1. The van der Waals surface area contributed by atoms with Gasteiger partial charge in [-0.05, 0) is 53.2 Å². The molecular weight excluding hydrogens is 473 g/mol. The van der Waals surface area contributed by atoms with Crippen molar-refractivity contribution in [2.24, 2.45) is 0 Å². The van der Waals surface area contributed by atoms with Crippen molar-refractivity contribution in [2.75, 3.05) is 5.75 Å². The molecule has 7 heteroatoms. The van der Waals surface area contributed by atoms with Gasteiger partial charge >= 0.3 is 0 Å². The number of Topliss-reactive ketones (excluding diaryl/α,β-unsaturated/α-hetero) is 1. The van der Waals surface area contributed by atoms with Gasteiger partial charge in [-0.25, -0.2) is 0 Å². The largest absolute Gasteiger partial charge is 0.293 e. The van der Waals surface area contributed by atoms with Crippen LogP contribution in [0.5, 0.6) is 0 Å². The van der Waals surface area contributed by atoms with Gasteiger partial charge in [0.2, 0.25) is 0 Å². The SMILES string of the molecule is O=C(CSc1nnc(-c2ccccc2Cl)n1-c1ccc(Cl)cc1)c1ccc2ccccc2c1. The van der Waals surface area contributed by atoms with Crippen molar-refractivity contribution in [3.63, 3.8) is 0 Å². The molecule has 5 rings (SSSR count). The maximum atomic E-state index is 13.0. The van der Waals surface area contributed by atoms with Crippen LogP contribution < -0.4 is 0 Å². The number of aromatic nitrogens is 3. The molecule has 0 spiro atoms. The standard InChI is InChI=1S/C26H17Cl2N3OS/c27-20-11-13-21(14-12-20)31-25(22-7-3-4-8-23(22)28)29-30-26(31)33-16-24(32)19-10-9-17-5-1-2-6-18(17)15-19/h1-15H,16H2. The molecule has 0 unspecified atom stereocenters. The van der Waals surface area contributed by atoms with Crippen LogP contribution in [0.4, 0.5) is 0 Å². The predicted molar refractivity (Wildman–Crippen MR) is 136 cm³/mol. The summed E-state index contributed by atoms with van der Waals surface area (Å²) in [4.78, 5) is 13.0. The fourth-order valence-electron chi connectivity index (χ4n) is 3.58. The van der Waals surface area contributed by atoms with E-state index in [1.807, 2.05) is 95.6 Å². The summed E-state index contributed by atoms with van der Waals surface area (Å²) in [5, 5.41) is 12.7. The molecule has 0 fully saturated rings. The molecule has 0 saturated carbocycles. The first-order valence-corrected chi connectivity index (χ1v) is 12.0. The van der Waals surface area contributed by atoms with E-state index in [1.54, 1.807) is 0 Å². The van der Waals surface area contributed by atoms with Gasteiger partial charge in [0.05, 0.1) is 10.8 Å². The number of hydrogen-bond acceptors (Lipinski definition) is 4. The van der Waals surface area contributed by atoms with E-state index in [4.69, 9.17) is 23.2 Å². The van der Waals surface area contributed by atoms with E-state index in [0.29, 0.717) is 26.6 Å². The van der Waals surface area contributed by atoms with Gasteiger partial charge in [0.25, 0.3) is 0 Å². The van der Waals surface area contributed by atoms with E-state index in [-0.39, 0.29) is 11.5 Å². The zero-order chi connectivity index (χ0) is 22.8. The van der Waals surface area contributed by atoms with Crippen molar-refractivity contribution in [3.8, 4) is 17.1 Å². The third-order valence-electron chi connectivity index (χ3n) is 5.24. The number of carbonyl (C=O) groups excluding carboxylic acids is 1. The van der Waals surface area contributed by atoms with Gasteiger partial charge in [0, 0.05) is 21.8 Å². The van der Waals surface area contributed by atoms with Crippen molar-refractivity contribution in [2.45, 2.75) is 5.16 Å². The van der Waals surface area contributed by atoms with Gasteiger partial charge in [-0.2, -0.15) is 0 Å². The lowest BCUT2D eigenvalue weighted by Gasteiger charge is -2.11. The van der Waals surface area contributed by atoms with Crippen LogP contribution in [0.2, 0.25) is 10.0 Å². The highest BCUT2D eigenvalue weighted by atomic mass is 35.5. The zero-order valence-electron chi connectivity index (χ0n) is 17.3. The van der Waals surface area contributed by atoms with Crippen LogP contribution >= 0.6 is 35.0 Å². The monoisotopic (exact) mass is 489 g/mol. The number of hydrogen-bond donors (Lipinski definition) is 0. The Kier molecular flexibility index (Phi) is 6.18. The Labute approximate surface area is 205 Å². The van der Waals surface area contributed by atoms with Crippen molar-refractivity contribution in [1.29, 1.82) is 0 Å². The fourth-order valence-corrected chi connectivity index (χ4v) is 4.77. The van der Waals surface area contributed by atoms with Crippen LogP contribution in [0.1, 0.15) is 10.4 Å². The molecule has 1 heterocycles. The average Bonchev–Trinajstić information content (AvgIpc) is 3.26. The molecule has 0 saturated heterocycles. The van der Waals surface area contributed by atoms with E-state index in [9.17, 15) is 4.79 Å². The van der Waals surface area contributed by atoms with Gasteiger partial charge in [0.1, 0.15) is 0 Å². The molecule has 0 bridgehead atoms. The van der Waals surface area contributed by atoms with Crippen LogP contribution in [-0.4, -0.2) is 26.3 Å². The van der Waals surface area contributed by atoms with Gasteiger partial charge in [0.15, 0.2) is 16.8 Å². The highest BCUT2D eigenvalue weighted by molar-refractivity contribution is 7.99. The minimum Gasteiger partial charge on any atom is -0.293 e. The van der Waals surface area contributed by atoms with Crippen molar-refractivity contribution in [3.05, 3.63) is 107 Å². The second-order valence-electron chi connectivity index (χ2n) is 7.37. The molecule has 4 aromatic carbocycles. The van der Waals surface area contributed by atoms with E-state index in [1.165, 1.54) is 11.8 Å². The Bertz CT molecular complexity index is 1460. The summed E-state index contributed by atoms with van der Waals surface area (Å²) in [5.41, 5.74) is 2.26. The van der Waals surface area contributed by atoms with Gasteiger partial charge in [-0.1, -0.05) is 83.5 Å². The van der Waals surface area contributed by atoms with Crippen molar-refractivity contribution < 1.29 is 4.79 Å². The Morgan fingerprint density at radius 1 is 0.818 bits per heavy atom. The zero-order valence-corrected chi connectivity index (χ0v) is 19.6. The number of thioether (sulfide) groups is 1. The first-order valence-electron chi connectivity index (χ1n) is 10.2. The maximum Gasteiger partial charge on any atom is 0.196 e. The van der Waals surface area contributed by atoms with Gasteiger partial charge in [-0.3, -0.25) is 9.36 Å². The van der Waals surface area contributed by atoms with E-state index in [2.05, 4.69) is 10.2 Å². The molecule has 0 radical (unpaired) electrons.